The fourth-order valence-corrected chi connectivity index (χ4v) is 7.10. The van der Waals surface area contributed by atoms with Crippen molar-refractivity contribution in [2.75, 3.05) is 11.9 Å². The topological polar surface area (TPSA) is 99.1 Å². The summed E-state index contributed by atoms with van der Waals surface area (Å²) in [6.07, 6.45) is 8.97. The van der Waals surface area contributed by atoms with Gasteiger partial charge in [-0.3, -0.25) is 10.3 Å². The Morgan fingerprint density at radius 1 is 1.27 bits per heavy atom. The van der Waals surface area contributed by atoms with Crippen LogP contribution < -0.4 is 10.6 Å². The summed E-state index contributed by atoms with van der Waals surface area (Å²) in [5.74, 6) is 3.30. The predicted molar refractivity (Wildman–Crippen MR) is 94.9 cm³/mol. The van der Waals surface area contributed by atoms with Gasteiger partial charge in [-0.1, -0.05) is 6.07 Å². The predicted octanol–water partition coefficient (Wildman–Crippen LogP) is 2.89. The molecule has 2 N–H and O–H groups in total. The molecule has 5 unspecified atom stereocenters. The first-order valence-electron chi connectivity index (χ1n) is 9.42. The minimum Gasteiger partial charge on any atom is -0.323 e. The molecule has 4 aliphatic carbocycles. The maximum Gasteiger partial charge on any atom is 0.209 e. The van der Waals surface area contributed by atoms with Gasteiger partial charge in [0.05, 0.1) is 5.69 Å². The molecule has 4 fully saturated rings. The van der Waals surface area contributed by atoms with Crippen molar-refractivity contribution in [1.82, 2.24) is 15.6 Å². The fourth-order valence-electron chi connectivity index (χ4n) is 7.10. The molecule has 1 spiro atoms. The molecular formula is C19H20N6O. The number of nitriles is 1. The van der Waals surface area contributed by atoms with Gasteiger partial charge in [-0.25, -0.2) is 4.63 Å². The minimum atomic E-state index is 0.384. The summed E-state index contributed by atoms with van der Waals surface area (Å²) < 4.78 is 4.81. The Bertz CT molecular complexity index is 976. The monoisotopic (exact) mass is 348 g/mol. The normalized spacial score (nSPS) is 39.0. The second kappa shape index (κ2) is 4.76. The van der Waals surface area contributed by atoms with Crippen LogP contribution in [0.4, 0.5) is 5.69 Å². The van der Waals surface area contributed by atoms with Crippen molar-refractivity contribution in [3.05, 3.63) is 18.2 Å². The van der Waals surface area contributed by atoms with E-state index in [1.165, 1.54) is 32.1 Å². The van der Waals surface area contributed by atoms with E-state index in [0.29, 0.717) is 27.8 Å². The number of nitrogens with zero attached hydrogens (tertiary/aromatic N) is 4. The van der Waals surface area contributed by atoms with E-state index in [-0.39, 0.29) is 0 Å². The number of aliphatic imine (C=N–C) groups is 1. The molecule has 7 heteroatoms. The van der Waals surface area contributed by atoms with Crippen LogP contribution in [0, 0.1) is 40.0 Å². The van der Waals surface area contributed by atoms with Crippen LogP contribution in [-0.2, 0) is 0 Å². The van der Waals surface area contributed by atoms with Gasteiger partial charge in [0.15, 0.2) is 11.7 Å². The summed E-state index contributed by atoms with van der Waals surface area (Å²) in [5.41, 5.74) is 3.03. The van der Waals surface area contributed by atoms with Crippen LogP contribution in [0.5, 0.6) is 0 Å². The molecule has 0 amide bonds. The lowest BCUT2D eigenvalue weighted by atomic mass is 9.32. The second-order valence-electron chi connectivity index (χ2n) is 8.63. The van der Waals surface area contributed by atoms with Gasteiger partial charge in [0.2, 0.25) is 5.96 Å². The average molecular weight is 348 g/mol. The van der Waals surface area contributed by atoms with Crippen LogP contribution in [0.1, 0.15) is 32.1 Å². The Labute approximate surface area is 150 Å². The first kappa shape index (κ1) is 14.5. The number of hydrogen-bond acceptors (Lipinski definition) is 5. The molecule has 1 heterocycles. The zero-order chi connectivity index (χ0) is 17.4. The van der Waals surface area contributed by atoms with E-state index in [1.807, 2.05) is 24.4 Å². The summed E-state index contributed by atoms with van der Waals surface area (Å²) >= 11 is 0. The number of guanidine groups is 1. The highest BCUT2D eigenvalue weighted by molar-refractivity contribution is 6.01. The number of aromatic nitrogens is 2. The summed E-state index contributed by atoms with van der Waals surface area (Å²) in [6.45, 7) is 0.806. The number of anilines is 1. The third kappa shape index (κ3) is 1.61. The molecule has 0 saturated heterocycles. The van der Waals surface area contributed by atoms with E-state index < -0.39 is 0 Å². The Morgan fingerprint density at radius 2 is 2.23 bits per heavy atom. The minimum absolute atomic E-state index is 0.384. The largest absolute Gasteiger partial charge is 0.323 e. The van der Waals surface area contributed by atoms with Crippen molar-refractivity contribution < 1.29 is 4.63 Å². The molecule has 4 saturated carbocycles. The van der Waals surface area contributed by atoms with E-state index in [2.05, 4.69) is 20.9 Å². The van der Waals surface area contributed by atoms with E-state index in [4.69, 9.17) is 14.9 Å². The van der Waals surface area contributed by atoms with Crippen LogP contribution in [-0.4, -0.2) is 22.8 Å². The van der Waals surface area contributed by atoms with Crippen LogP contribution in [0.3, 0.4) is 0 Å². The summed E-state index contributed by atoms with van der Waals surface area (Å²) in [5, 5.41) is 22.8. The smallest absolute Gasteiger partial charge is 0.209 e. The van der Waals surface area contributed by atoms with Crippen molar-refractivity contribution in [2.45, 2.75) is 32.1 Å². The highest BCUT2D eigenvalue weighted by Crippen LogP contribution is 2.86. The quantitative estimate of drug-likeness (QED) is 0.383. The maximum absolute atomic E-state index is 9.13. The van der Waals surface area contributed by atoms with E-state index in [1.54, 1.807) is 0 Å². The van der Waals surface area contributed by atoms with Gasteiger partial charge in [0, 0.05) is 6.54 Å². The number of nitrogens with one attached hydrogen (secondary N) is 2. The molecule has 26 heavy (non-hydrogen) atoms. The third-order valence-electron chi connectivity index (χ3n) is 7.83. The zero-order valence-electron chi connectivity index (χ0n) is 14.4. The van der Waals surface area contributed by atoms with E-state index in [0.717, 1.165) is 30.0 Å². The lowest BCUT2D eigenvalue weighted by Crippen LogP contribution is -2.67. The highest BCUT2D eigenvalue weighted by atomic mass is 16.6. The molecule has 7 nitrogen and oxygen atoms in total. The lowest BCUT2D eigenvalue weighted by molar-refractivity contribution is -0.238. The molecule has 1 aromatic carbocycles. The van der Waals surface area contributed by atoms with Gasteiger partial charge in [-0.2, -0.15) is 5.26 Å². The van der Waals surface area contributed by atoms with Gasteiger partial charge in [0.25, 0.3) is 0 Å². The Balaban J connectivity index is 1.27. The summed E-state index contributed by atoms with van der Waals surface area (Å²) in [4.78, 5) is 4.82. The number of hydrogen-bond donors (Lipinski definition) is 2. The van der Waals surface area contributed by atoms with Crippen molar-refractivity contribution >= 4 is 22.7 Å². The van der Waals surface area contributed by atoms with Crippen molar-refractivity contribution in [3.8, 4) is 6.19 Å². The first-order valence-corrected chi connectivity index (χ1v) is 9.42. The van der Waals surface area contributed by atoms with Crippen molar-refractivity contribution in [1.29, 1.82) is 5.26 Å². The molecule has 0 aliphatic heterocycles. The van der Waals surface area contributed by atoms with Gasteiger partial charge in [0.1, 0.15) is 5.52 Å². The third-order valence-corrected chi connectivity index (χ3v) is 7.83. The molecule has 0 radical (unpaired) electrons. The number of benzene rings is 1. The van der Waals surface area contributed by atoms with E-state index >= 15 is 0 Å². The standard InChI is InChI=1S/C19H20N6O/c20-10-22-17(23-14-2-1-3-15-16(14)25-26-24-15)21-9-18-6-11-4-12-5-13(8-18)19(12,18)7-11/h1-3,11-13H,4-9H2,(H2,21,22,23). The number of fused-ring (bicyclic) bond motifs is 2. The molecule has 2 aromatic rings. The van der Waals surface area contributed by atoms with Gasteiger partial charge < -0.3 is 5.32 Å². The molecule has 132 valence electrons. The summed E-state index contributed by atoms with van der Waals surface area (Å²) in [7, 11) is 0. The molecule has 5 atom stereocenters. The highest BCUT2D eigenvalue weighted by Gasteiger charge is 2.80. The first-order chi connectivity index (χ1) is 12.7. The molecule has 6 rings (SSSR count). The zero-order valence-corrected chi connectivity index (χ0v) is 14.4. The molecule has 2 bridgehead atoms. The van der Waals surface area contributed by atoms with Gasteiger partial charge >= 0.3 is 0 Å². The van der Waals surface area contributed by atoms with Gasteiger partial charge in [-0.15, -0.1) is 0 Å². The lowest BCUT2D eigenvalue weighted by Gasteiger charge is -2.72. The second-order valence-corrected chi connectivity index (χ2v) is 8.63. The Morgan fingerprint density at radius 3 is 3.08 bits per heavy atom. The SMILES string of the molecule is N#CNC(=NCC12CC3CC4CC(C1)C42C3)Nc1cccc2nonc12. The van der Waals surface area contributed by atoms with Crippen molar-refractivity contribution in [3.63, 3.8) is 0 Å². The van der Waals surface area contributed by atoms with Crippen LogP contribution in [0.25, 0.3) is 11.0 Å². The van der Waals surface area contributed by atoms with E-state index in [9.17, 15) is 0 Å². The maximum atomic E-state index is 9.13. The van der Waals surface area contributed by atoms with Gasteiger partial charge in [-0.05, 0) is 83.1 Å². The van der Waals surface area contributed by atoms with Crippen LogP contribution >= 0.6 is 0 Å². The molecule has 4 aliphatic rings. The number of rotatable bonds is 3. The Hall–Kier alpha value is -2.62. The average Bonchev–Trinajstić information content (AvgIpc) is 3.29. The van der Waals surface area contributed by atoms with Crippen LogP contribution in [0.2, 0.25) is 0 Å². The van der Waals surface area contributed by atoms with Crippen molar-refractivity contribution in [2.24, 2.45) is 33.6 Å². The molecular weight excluding hydrogens is 328 g/mol. The molecule has 1 aromatic heterocycles. The Kier molecular flexibility index (Phi) is 2.66. The summed E-state index contributed by atoms with van der Waals surface area (Å²) in [6, 6.07) is 5.60. The van der Waals surface area contributed by atoms with Crippen LogP contribution in [0.15, 0.2) is 27.8 Å². The fraction of sp³-hybridized carbons (Fsp3) is 0.579.